The van der Waals surface area contributed by atoms with Crippen molar-refractivity contribution in [2.75, 3.05) is 20.2 Å². The predicted octanol–water partition coefficient (Wildman–Crippen LogP) is 0.634. The number of hydrogen-bond donors (Lipinski definition) is 2. The van der Waals surface area contributed by atoms with E-state index in [4.69, 9.17) is 4.74 Å². The largest absolute Gasteiger partial charge is 0.490 e. The number of sulfonamides is 1. The second-order valence-corrected chi connectivity index (χ2v) is 6.47. The number of nitrogens with one attached hydrogen (secondary N) is 2. The summed E-state index contributed by atoms with van der Waals surface area (Å²) in [5.41, 5.74) is -0.268. The van der Waals surface area contributed by atoms with Gasteiger partial charge in [0, 0.05) is 24.7 Å². The van der Waals surface area contributed by atoms with Gasteiger partial charge in [0.2, 0.25) is 10.0 Å². The lowest BCUT2D eigenvalue weighted by atomic mass is 10.1. The Morgan fingerprint density at radius 3 is 2.81 bits per heavy atom. The molecule has 1 saturated heterocycles. The van der Waals surface area contributed by atoms with Gasteiger partial charge in [-0.15, -0.1) is 0 Å². The first-order chi connectivity index (χ1) is 9.94. The summed E-state index contributed by atoms with van der Waals surface area (Å²) in [6.45, 7) is 1.45. The molecule has 1 atom stereocenters. The Kier molecular flexibility index (Phi) is 4.76. The van der Waals surface area contributed by atoms with Crippen molar-refractivity contribution in [3.8, 4) is 5.75 Å². The molecule has 1 heterocycles. The normalized spacial score (nSPS) is 19.2. The highest BCUT2D eigenvalue weighted by Gasteiger charge is 2.24. The van der Waals surface area contributed by atoms with Crippen LogP contribution < -0.4 is 14.8 Å². The summed E-state index contributed by atoms with van der Waals surface area (Å²) in [7, 11) is -2.47. The molecule has 116 valence electrons. The quantitative estimate of drug-likeness (QED) is 0.609. The third-order valence-corrected chi connectivity index (χ3v) is 4.80. The summed E-state index contributed by atoms with van der Waals surface area (Å²) < 4.78 is 32.1. The van der Waals surface area contributed by atoms with Crippen LogP contribution in [0.25, 0.3) is 0 Å². The molecule has 0 bridgehead atoms. The van der Waals surface area contributed by atoms with Crippen molar-refractivity contribution in [1.29, 1.82) is 0 Å². The molecule has 1 aromatic rings. The monoisotopic (exact) mass is 315 g/mol. The molecule has 0 saturated carbocycles. The van der Waals surface area contributed by atoms with Crippen molar-refractivity contribution in [2.24, 2.45) is 0 Å². The van der Waals surface area contributed by atoms with Crippen LogP contribution in [0.1, 0.15) is 12.8 Å². The van der Waals surface area contributed by atoms with Crippen molar-refractivity contribution >= 4 is 15.7 Å². The minimum Gasteiger partial charge on any atom is -0.490 e. The van der Waals surface area contributed by atoms with Crippen LogP contribution in [0.4, 0.5) is 5.69 Å². The summed E-state index contributed by atoms with van der Waals surface area (Å²) in [5, 5.41) is 13.9. The number of nitro groups is 1. The van der Waals surface area contributed by atoms with Crippen LogP contribution >= 0.6 is 0 Å². The second kappa shape index (κ2) is 6.37. The van der Waals surface area contributed by atoms with Gasteiger partial charge >= 0.3 is 5.69 Å². The summed E-state index contributed by atoms with van der Waals surface area (Å²) in [6.07, 6.45) is 1.66. The Bertz CT molecular complexity index is 626. The molecule has 0 spiro atoms. The molecule has 1 aliphatic heterocycles. The van der Waals surface area contributed by atoms with Gasteiger partial charge in [-0.05, 0) is 25.5 Å². The van der Waals surface area contributed by atoms with E-state index in [1.165, 1.54) is 13.2 Å². The number of methoxy groups -OCH3 is 1. The van der Waals surface area contributed by atoms with Crippen molar-refractivity contribution in [3.63, 3.8) is 0 Å². The number of ether oxygens (including phenoxy) is 1. The average Bonchev–Trinajstić information content (AvgIpc) is 2.47. The SMILES string of the molecule is COc1cc(S(=O)(=O)NC2CCCNC2)ccc1[N+](=O)[O-]. The van der Waals surface area contributed by atoms with Gasteiger partial charge in [-0.2, -0.15) is 0 Å². The van der Waals surface area contributed by atoms with E-state index in [1.807, 2.05) is 0 Å². The lowest BCUT2D eigenvalue weighted by molar-refractivity contribution is -0.385. The first-order valence-corrected chi connectivity index (χ1v) is 7.98. The van der Waals surface area contributed by atoms with E-state index in [1.54, 1.807) is 0 Å². The number of rotatable bonds is 5. The van der Waals surface area contributed by atoms with Crippen molar-refractivity contribution in [1.82, 2.24) is 10.0 Å². The fraction of sp³-hybridized carbons (Fsp3) is 0.500. The van der Waals surface area contributed by atoms with Gasteiger partial charge in [0.25, 0.3) is 0 Å². The molecule has 1 unspecified atom stereocenters. The van der Waals surface area contributed by atoms with Crippen LogP contribution in [-0.4, -0.2) is 39.6 Å². The molecule has 1 aliphatic rings. The van der Waals surface area contributed by atoms with Crippen molar-refractivity contribution in [2.45, 2.75) is 23.8 Å². The molecule has 0 aliphatic carbocycles. The Balaban J connectivity index is 2.25. The lowest BCUT2D eigenvalue weighted by Crippen LogP contribution is -2.45. The highest BCUT2D eigenvalue weighted by molar-refractivity contribution is 7.89. The second-order valence-electron chi connectivity index (χ2n) is 4.76. The summed E-state index contributed by atoms with van der Waals surface area (Å²) >= 11 is 0. The van der Waals surface area contributed by atoms with Crippen LogP contribution in [0.15, 0.2) is 23.1 Å². The molecule has 0 aromatic heterocycles. The van der Waals surface area contributed by atoms with Gasteiger partial charge in [0.15, 0.2) is 5.75 Å². The minimum atomic E-state index is -3.73. The van der Waals surface area contributed by atoms with Crippen LogP contribution in [0.2, 0.25) is 0 Å². The zero-order valence-electron chi connectivity index (χ0n) is 11.5. The van der Waals surface area contributed by atoms with Gasteiger partial charge in [0.05, 0.1) is 16.9 Å². The van der Waals surface area contributed by atoms with E-state index in [2.05, 4.69) is 10.0 Å². The standard InChI is InChI=1S/C12H17N3O5S/c1-20-12-7-10(4-5-11(12)15(16)17)21(18,19)14-9-3-2-6-13-8-9/h4-5,7,9,13-14H,2-3,6,8H2,1H3. The van der Waals surface area contributed by atoms with Gasteiger partial charge in [0.1, 0.15) is 0 Å². The number of piperidine rings is 1. The van der Waals surface area contributed by atoms with E-state index in [-0.39, 0.29) is 22.4 Å². The highest BCUT2D eigenvalue weighted by Crippen LogP contribution is 2.29. The lowest BCUT2D eigenvalue weighted by Gasteiger charge is -2.23. The molecule has 0 radical (unpaired) electrons. The van der Waals surface area contributed by atoms with Gasteiger partial charge in [-0.25, -0.2) is 13.1 Å². The Morgan fingerprint density at radius 1 is 1.48 bits per heavy atom. The Labute approximate surface area is 122 Å². The van der Waals surface area contributed by atoms with Gasteiger partial charge < -0.3 is 10.1 Å². The molecule has 1 fully saturated rings. The maximum Gasteiger partial charge on any atom is 0.310 e. The maximum atomic E-state index is 12.3. The smallest absolute Gasteiger partial charge is 0.310 e. The Hall–Kier alpha value is -1.71. The molecule has 21 heavy (non-hydrogen) atoms. The molecule has 9 heteroatoms. The summed E-state index contributed by atoms with van der Waals surface area (Å²) in [4.78, 5) is 10.1. The average molecular weight is 315 g/mol. The highest BCUT2D eigenvalue weighted by atomic mass is 32.2. The number of benzene rings is 1. The molecule has 0 amide bonds. The minimum absolute atomic E-state index is 0.0458. The van der Waals surface area contributed by atoms with E-state index in [9.17, 15) is 18.5 Å². The maximum absolute atomic E-state index is 12.3. The molecule has 2 rings (SSSR count). The summed E-state index contributed by atoms with van der Waals surface area (Å²) in [5.74, 6) is -0.0790. The van der Waals surface area contributed by atoms with E-state index < -0.39 is 14.9 Å². The molecule has 2 N–H and O–H groups in total. The molecule has 8 nitrogen and oxygen atoms in total. The van der Waals surface area contributed by atoms with E-state index in [0.29, 0.717) is 6.54 Å². The topological polar surface area (TPSA) is 111 Å². The van der Waals surface area contributed by atoms with Crippen LogP contribution in [-0.2, 0) is 10.0 Å². The third-order valence-electron chi connectivity index (χ3n) is 3.28. The fourth-order valence-corrected chi connectivity index (χ4v) is 3.50. The number of hydrogen-bond acceptors (Lipinski definition) is 6. The van der Waals surface area contributed by atoms with Gasteiger partial charge in [-0.1, -0.05) is 0 Å². The number of nitro benzene ring substituents is 1. The Morgan fingerprint density at radius 2 is 2.24 bits per heavy atom. The first kappa shape index (κ1) is 15.7. The third kappa shape index (κ3) is 3.69. The molecule has 1 aromatic carbocycles. The van der Waals surface area contributed by atoms with Crippen LogP contribution in [0.3, 0.4) is 0 Å². The number of nitrogens with zero attached hydrogens (tertiary/aromatic N) is 1. The van der Waals surface area contributed by atoms with Gasteiger partial charge in [-0.3, -0.25) is 10.1 Å². The zero-order chi connectivity index (χ0) is 15.5. The van der Waals surface area contributed by atoms with E-state index in [0.717, 1.165) is 31.5 Å². The van der Waals surface area contributed by atoms with Crippen molar-refractivity contribution in [3.05, 3.63) is 28.3 Å². The summed E-state index contributed by atoms with van der Waals surface area (Å²) in [6, 6.07) is 3.33. The van der Waals surface area contributed by atoms with Crippen molar-refractivity contribution < 1.29 is 18.1 Å². The first-order valence-electron chi connectivity index (χ1n) is 6.49. The predicted molar refractivity (Wildman–Crippen MR) is 75.9 cm³/mol. The molecular formula is C12H17N3O5S. The van der Waals surface area contributed by atoms with Crippen LogP contribution in [0, 0.1) is 10.1 Å². The zero-order valence-corrected chi connectivity index (χ0v) is 12.4. The fourth-order valence-electron chi connectivity index (χ4n) is 2.22. The molecular weight excluding hydrogens is 298 g/mol. The van der Waals surface area contributed by atoms with Crippen LogP contribution in [0.5, 0.6) is 5.75 Å². The van der Waals surface area contributed by atoms with E-state index >= 15 is 0 Å².